The van der Waals surface area contributed by atoms with Crippen molar-refractivity contribution in [3.63, 3.8) is 0 Å². The first-order valence-corrected chi connectivity index (χ1v) is 5.62. The number of methoxy groups -OCH3 is 1. The summed E-state index contributed by atoms with van der Waals surface area (Å²) in [6, 6.07) is 8.02. The summed E-state index contributed by atoms with van der Waals surface area (Å²) in [7, 11) is 1.64. The summed E-state index contributed by atoms with van der Waals surface area (Å²) in [6.45, 7) is 2.10. The molecule has 0 spiro atoms. The van der Waals surface area contributed by atoms with E-state index in [1.54, 1.807) is 13.3 Å². The molecule has 3 nitrogen and oxygen atoms in total. The van der Waals surface area contributed by atoms with Crippen LogP contribution in [0.3, 0.4) is 0 Å². The smallest absolute Gasteiger partial charge is 0.137 e. The average Bonchev–Trinajstić information content (AvgIpc) is 2.39. The minimum Gasteiger partial charge on any atom is -0.495 e. The van der Waals surface area contributed by atoms with Crippen molar-refractivity contribution in [2.75, 3.05) is 12.8 Å². The molecule has 0 aliphatic heterocycles. The van der Waals surface area contributed by atoms with Gasteiger partial charge in [0.2, 0.25) is 0 Å². The highest BCUT2D eigenvalue weighted by atomic mass is 16.5. The Kier molecular flexibility index (Phi) is 3.28. The summed E-state index contributed by atoms with van der Waals surface area (Å²) >= 11 is 0. The van der Waals surface area contributed by atoms with Gasteiger partial charge >= 0.3 is 0 Å². The Morgan fingerprint density at radius 1 is 1.18 bits per heavy atom. The third-order valence-corrected chi connectivity index (χ3v) is 2.81. The molecule has 17 heavy (non-hydrogen) atoms. The van der Waals surface area contributed by atoms with Crippen molar-refractivity contribution in [2.24, 2.45) is 0 Å². The van der Waals surface area contributed by atoms with E-state index >= 15 is 0 Å². The molecule has 3 heteroatoms. The Hall–Kier alpha value is -2.03. The van der Waals surface area contributed by atoms with Crippen LogP contribution in [0, 0.1) is 0 Å². The number of pyridine rings is 1. The van der Waals surface area contributed by atoms with E-state index in [0.717, 1.165) is 34.5 Å². The van der Waals surface area contributed by atoms with Gasteiger partial charge in [0.25, 0.3) is 0 Å². The lowest BCUT2D eigenvalue weighted by molar-refractivity contribution is 0.413. The lowest BCUT2D eigenvalue weighted by Gasteiger charge is -2.08. The van der Waals surface area contributed by atoms with E-state index in [9.17, 15) is 0 Å². The van der Waals surface area contributed by atoms with Gasteiger partial charge in [-0.3, -0.25) is 4.98 Å². The van der Waals surface area contributed by atoms with Crippen LogP contribution in [0.5, 0.6) is 5.75 Å². The highest BCUT2D eigenvalue weighted by Crippen LogP contribution is 2.25. The number of nitrogens with zero attached hydrogens (tertiary/aromatic N) is 1. The van der Waals surface area contributed by atoms with E-state index in [4.69, 9.17) is 10.5 Å². The fraction of sp³-hybridized carbons (Fsp3) is 0.214. The van der Waals surface area contributed by atoms with Crippen molar-refractivity contribution < 1.29 is 4.74 Å². The molecule has 0 bridgehead atoms. The molecule has 0 unspecified atom stereocenters. The van der Waals surface area contributed by atoms with Gasteiger partial charge < -0.3 is 10.5 Å². The molecule has 0 aliphatic rings. The fourth-order valence-electron chi connectivity index (χ4n) is 1.78. The van der Waals surface area contributed by atoms with Crippen molar-refractivity contribution in [3.05, 3.63) is 42.2 Å². The summed E-state index contributed by atoms with van der Waals surface area (Å²) in [5, 5.41) is 0. The summed E-state index contributed by atoms with van der Waals surface area (Å²) in [5.74, 6) is 0.761. The second-order valence-electron chi connectivity index (χ2n) is 3.88. The highest BCUT2D eigenvalue weighted by molar-refractivity contribution is 5.68. The molecule has 1 aromatic carbocycles. The second-order valence-corrected chi connectivity index (χ2v) is 3.88. The molecule has 2 N–H and O–H groups in total. The number of aromatic nitrogens is 1. The van der Waals surface area contributed by atoms with Crippen LogP contribution < -0.4 is 10.5 Å². The first-order chi connectivity index (χ1) is 8.24. The Morgan fingerprint density at radius 3 is 2.71 bits per heavy atom. The second kappa shape index (κ2) is 4.87. The first kappa shape index (κ1) is 11.5. The number of hydrogen-bond donors (Lipinski definition) is 1. The van der Waals surface area contributed by atoms with E-state index in [1.165, 1.54) is 0 Å². The van der Waals surface area contributed by atoms with Crippen LogP contribution in [0.4, 0.5) is 5.69 Å². The van der Waals surface area contributed by atoms with Gasteiger partial charge in [-0.05, 0) is 35.7 Å². The number of nitrogen functional groups attached to an aromatic ring is 1. The number of aryl methyl sites for hydroxylation is 1. The number of benzene rings is 1. The van der Waals surface area contributed by atoms with Gasteiger partial charge in [-0.2, -0.15) is 0 Å². The zero-order valence-corrected chi connectivity index (χ0v) is 10.1. The van der Waals surface area contributed by atoms with Crippen LogP contribution in [0.2, 0.25) is 0 Å². The Balaban J connectivity index is 2.45. The van der Waals surface area contributed by atoms with Gasteiger partial charge in [0.05, 0.1) is 13.3 Å². The standard InChI is InChI=1S/C14H16N2O/c1-3-10-6-11(4-5-14(10)15)12-7-13(17-2)9-16-8-12/h4-9H,3,15H2,1-2H3. The van der Waals surface area contributed by atoms with Gasteiger partial charge in [0.15, 0.2) is 0 Å². The van der Waals surface area contributed by atoms with Crippen molar-refractivity contribution in [2.45, 2.75) is 13.3 Å². The molecule has 2 aromatic rings. The summed E-state index contributed by atoms with van der Waals surface area (Å²) < 4.78 is 5.17. The van der Waals surface area contributed by atoms with E-state index in [1.807, 2.05) is 24.4 Å². The average molecular weight is 228 g/mol. The maximum absolute atomic E-state index is 5.89. The number of hydrogen-bond acceptors (Lipinski definition) is 3. The van der Waals surface area contributed by atoms with Crippen molar-refractivity contribution in [1.29, 1.82) is 0 Å². The summed E-state index contributed by atoms with van der Waals surface area (Å²) in [4.78, 5) is 4.15. The molecular formula is C14H16N2O. The molecular weight excluding hydrogens is 212 g/mol. The van der Waals surface area contributed by atoms with Crippen LogP contribution in [0.1, 0.15) is 12.5 Å². The SMILES string of the molecule is CCc1cc(-c2cncc(OC)c2)ccc1N. The Morgan fingerprint density at radius 2 is 2.00 bits per heavy atom. The van der Waals surface area contributed by atoms with Crippen LogP contribution in [0.15, 0.2) is 36.7 Å². The molecule has 2 rings (SSSR count). The van der Waals surface area contributed by atoms with Gasteiger partial charge in [0, 0.05) is 17.4 Å². The predicted molar refractivity (Wildman–Crippen MR) is 70.0 cm³/mol. The number of nitrogens with two attached hydrogens (primary N) is 1. The lowest BCUT2D eigenvalue weighted by atomic mass is 10.0. The van der Waals surface area contributed by atoms with E-state index < -0.39 is 0 Å². The first-order valence-electron chi connectivity index (χ1n) is 5.62. The van der Waals surface area contributed by atoms with Crippen LogP contribution in [-0.2, 0) is 6.42 Å². The van der Waals surface area contributed by atoms with E-state index in [2.05, 4.69) is 18.0 Å². The van der Waals surface area contributed by atoms with Crippen LogP contribution in [0.25, 0.3) is 11.1 Å². The number of ether oxygens (including phenoxy) is 1. The molecule has 0 saturated carbocycles. The molecule has 0 amide bonds. The minimum absolute atomic E-state index is 0.761. The largest absolute Gasteiger partial charge is 0.495 e. The third kappa shape index (κ3) is 2.38. The maximum Gasteiger partial charge on any atom is 0.137 e. The lowest BCUT2D eigenvalue weighted by Crippen LogP contribution is -1.93. The molecule has 0 fully saturated rings. The number of rotatable bonds is 3. The molecule has 0 atom stereocenters. The fourth-order valence-corrected chi connectivity index (χ4v) is 1.78. The summed E-state index contributed by atoms with van der Waals surface area (Å²) in [5.41, 5.74) is 10.0. The monoisotopic (exact) mass is 228 g/mol. The van der Waals surface area contributed by atoms with Gasteiger partial charge in [0.1, 0.15) is 5.75 Å². The van der Waals surface area contributed by atoms with Crippen molar-refractivity contribution in [1.82, 2.24) is 4.98 Å². The van der Waals surface area contributed by atoms with Gasteiger partial charge in [-0.15, -0.1) is 0 Å². The molecule has 1 aromatic heterocycles. The molecule has 0 radical (unpaired) electrons. The summed E-state index contributed by atoms with van der Waals surface area (Å²) in [6.07, 6.45) is 4.45. The van der Waals surface area contributed by atoms with Crippen LogP contribution >= 0.6 is 0 Å². The molecule has 88 valence electrons. The zero-order valence-electron chi connectivity index (χ0n) is 10.1. The zero-order chi connectivity index (χ0) is 12.3. The number of anilines is 1. The topological polar surface area (TPSA) is 48.1 Å². The Labute approximate surface area is 101 Å². The van der Waals surface area contributed by atoms with Gasteiger partial charge in [-0.1, -0.05) is 13.0 Å². The predicted octanol–water partition coefficient (Wildman–Crippen LogP) is 2.90. The van der Waals surface area contributed by atoms with Gasteiger partial charge in [-0.25, -0.2) is 0 Å². The van der Waals surface area contributed by atoms with E-state index in [0.29, 0.717) is 0 Å². The maximum atomic E-state index is 5.89. The quantitative estimate of drug-likeness (QED) is 0.822. The van der Waals surface area contributed by atoms with E-state index in [-0.39, 0.29) is 0 Å². The normalized spacial score (nSPS) is 10.2. The Bertz CT molecular complexity index is 523. The van der Waals surface area contributed by atoms with Crippen LogP contribution in [-0.4, -0.2) is 12.1 Å². The molecule has 1 heterocycles. The minimum atomic E-state index is 0.761. The van der Waals surface area contributed by atoms with Crippen molar-refractivity contribution >= 4 is 5.69 Å². The molecule has 0 aliphatic carbocycles. The van der Waals surface area contributed by atoms with Crippen molar-refractivity contribution in [3.8, 4) is 16.9 Å². The molecule has 0 saturated heterocycles. The third-order valence-electron chi connectivity index (χ3n) is 2.81. The highest BCUT2D eigenvalue weighted by Gasteiger charge is 2.03.